The predicted octanol–water partition coefficient (Wildman–Crippen LogP) is 1.36. The number of nitrogens with zero attached hydrogens (tertiary/aromatic N) is 6. The smallest absolute Gasteiger partial charge is 0.274 e. The molecule has 2 aromatic rings. The fraction of sp³-hybridized carbons (Fsp3) is 0.600. The van der Waals surface area contributed by atoms with E-state index in [-0.39, 0.29) is 18.1 Å². The average molecular weight is 382 g/mol. The Kier molecular flexibility index (Phi) is 4.50. The molecule has 0 radical (unpaired) electrons. The Morgan fingerprint density at radius 3 is 2.61 bits per heavy atom. The van der Waals surface area contributed by atoms with Gasteiger partial charge in [-0.3, -0.25) is 9.78 Å². The molecule has 8 nitrogen and oxygen atoms in total. The summed E-state index contributed by atoms with van der Waals surface area (Å²) in [6.45, 7) is 3.37. The van der Waals surface area contributed by atoms with Crippen molar-refractivity contribution >= 4 is 11.7 Å². The first-order chi connectivity index (χ1) is 13.7. The Hall–Kier alpha value is -2.48. The summed E-state index contributed by atoms with van der Waals surface area (Å²) < 4.78 is 2.03. The number of aliphatic hydroxyl groups is 1. The highest BCUT2D eigenvalue weighted by Gasteiger charge is 2.42. The molecular formula is C20H26N6O2. The SMILES string of the molecule is O=C(c1cncc(N2C[C@H]3C[C@@H](n4ccnc4)[C@H](O)C[C@H]3C2)n1)N1CCCC1. The van der Waals surface area contributed by atoms with Crippen molar-refractivity contribution in [1.82, 2.24) is 24.4 Å². The Morgan fingerprint density at radius 2 is 1.86 bits per heavy atom. The van der Waals surface area contributed by atoms with E-state index in [2.05, 4.69) is 19.9 Å². The minimum absolute atomic E-state index is 0.0148. The summed E-state index contributed by atoms with van der Waals surface area (Å²) in [5.74, 6) is 1.69. The zero-order valence-corrected chi connectivity index (χ0v) is 15.9. The van der Waals surface area contributed by atoms with Crippen molar-refractivity contribution in [2.75, 3.05) is 31.1 Å². The van der Waals surface area contributed by atoms with Crippen LogP contribution >= 0.6 is 0 Å². The van der Waals surface area contributed by atoms with Gasteiger partial charge in [0.2, 0.25) is 0 Å². The monoisotopic (exact) mass is 382 g/mol. The Labute approximate surface area is 164 Å². The number of rotatable bonds is 3. The van der Waals surface area contributed by atoms with E-state index in [4.69, 9.17) is 0 Å². The van der Waals surface area contributed by atoms with Crippen LogP contribution in [0.1, 0.15) is 42.2 Å². The minimum Gasteiger partial charge on any atom is -0.391 e. The predicted molar refractivity (Wildman–Crippen MR) is 103 cm³/mol. The van der Waals surface area contributed by atoms with Crippen LogP contribution in [0.5, 0.6) is 0 Å². The zero-order chi connectivity index (χ0) is 19.1. The first-order valence-electron chi connectivity index (χ1n) is 10.2. The zero-order valence-electron chi connectivity index (χ0n) is 15.9. The largest absolute Gasteiger partial charge is 0.391 e. The molecule has 1 amide bonds. The van der Waals surface area contributed by atoms with E-state index in [1.807, 2.05) is 15.7 Å². The van der Waals surface area contributed by atoms with Gasteiger partial charge in [0.15, 0.2) is 0 Å². The highest BCUT2D eigenvalue weighted by Crippen LogP contribution is 2.42. The second kappa shape index (κ2) is 7.16. The van der Waals surface area contributed by atoms with Gasteiger partial charge in [0, 0.05) is 38.6 Å². The van der Waals surface area contributed by atoms with Crippen LogP contribution in [0.2, 0.25) is 0 Å². The van der Waals surface area contributed by atoms with Gasteiger partial charge in [0.05, 0.1) is 30.9 Å². The van der Waals surface area contributed by atoms with Gasteiger partial charge in [-0.15, -0.1) is 0 Å². The number of hydrogen-bond donors (Lipinski definition) is 1. The minimum atomic E-state index is -0.357. The molecule has 2 saturated heterocycles. The molecule has 0 bridgehead atoms. The second-order valence-electron chi connectivity index (χ2n) is 8.30. The molecule has 28 heavy (non-hydrogen) atoms. The summed E-state index contributed by atoms with van der Waals surface area (Å²) in [5, 5.41) is 10.6. The van der Waals surface area contributed by atoms with Crippen molar-refractivity contribution < 1.29 is 9.90 Å². The van der Waals surface area contributed by atoms with Crippen LogP contribution in [-0.4, -0.2) is 67.7 Å². The van der Waals surface area contributed by atoms with Gasteiger partial charge in [-0.2, -0.15) is 0 Å². The first-order valence-corrected chi connectivity index (χ1v) is 10.2. The number of carbonyl (C=O) groups is 1. The second-order valence-corrected chi connectivity index (χ2v) is 8.30. The van der Waals surface area contributed by atoms with Crippen LogP contribution in [0.25, 0.3) is 0 Å². The molecule has 0 spiro atoms. The maximum atomic E-state index is 12.6. The summed E-state index contributed by atoms with van der Waals surface area (Å²) in [6, 6.07) is 0.0814. The number of hydrogen-bond acceptors (Lipinski definition) is 6. The third kappa shape index (κ3) is 3.15. The van der Waals surface area contributed by atoms with Crippen molar-refractivity contribution in [3.05, 3.63) is 36.8 Å². The van der Waals surface area contributed by atoms with E-state index in [0.29, 0.717) is 17.5 Å². The highest BCUT2D eigenvalue weighted by molar-refractivity contribution is 5.92. The molecule has 5 rings (SSSR count). The molecule has 2 aromatic heterocycles. The van der Waals surface area contributed by atoms with E-state index in [1.165, 1.54) is 0 Å². The van der Waals surface area contributed by atoms with Crippen molar-refractivity contribution in [3.8, 4) is 0 Å². The lowest BCUT2D eigenvalue weighted by Gasteiger charge is -2.35. The van der Waals surface area contributed by atoms with Crippen LogP contribution in [0, 0.1) is 11.8 Å². The Bertz CT molecular complexity index is 835. The van der Waals surface area contributed by atoms with Crippen LogP contribution < -0.4 is 4.90 Å². The lowest BCUT2D eigenvalue weighted by Crippen LogP contribution is -2.35. The van der Waals surface area contributed by atoms with E-state index in [1.54, 1.807) is 24.9 Å². The third-order valence-electron chi connectivity index (χ3n) is 6.58. The van der Waals surface area contributed by atoms with E-state index < -0.39 is 0 Å². The van der Waals surface area contributed by atoms with Gasteiger partial charge in [0.1, 0.15) is 11.5 Å². The van der Waals surface area contributed by atoms with Gasteiger partial charge in [-0.1, -0.05) is 0 Å². The molecular weight excluding hydrogens is 356 g/mol. The van der Waals surface area contributed by atoms with E-state index >= 15 is 0 Å². The molecule has 4 atom stereocenters. The fourth-order valence-electron chi connectivity index (χ4n) is 5.07. The van der Waals surface area contributed by atoms with Crippen molar-refractivity contribution in [2.45, 2.75) is 37.8 Å². The molecule has 1 aliphatic carbocycles. The van der Waals surface area contributed by atoms with Crippen molar-refractivity contribution in [1.29, 1.82) is 0 Å². The number of aromatic nitrogens is 4. The average Bonchev–Trinajstić information content (AvgIpc) is 3.47. The molecule has 148 valence electrons. The van der Waals surface area contributed by atoms with Crippen molar-refractivity contribution in [3.63, 3.8) is 0 Å². The van der Waals surface area contributed by atoms with E-state index in [9.17, 15) is 9.90 Å². The van der Waals surface area contributed by atoms with Crippen LogP contribution in [0.4, 0.5) is 5.82 Å². The van der Waals surface area contributed by atoms with Crippen molar-refractivity contribution in [2.24, 2.45) is 11.8 Å². The number of amides is 1. The summed E-state index contributed by atoms with van der Waals surface area (Å²) >= 11 is 0. The quantitative estimate of drug-likeness (QED) is 0.862. The third-order valence-corrected chi connectivity index (χ3v) is 6.58. The molecule has 1 N–H and O–H groups in total. The number of fused-ring (bicyclic) bond motifs is 1. The molecule has 3 fully saturated rings. The molecule has 4 heterocycles. The van der Waals surface area contributed by atoms with Gasteiger partial charge < -0.3 is 19.5 Å². The number of likely N-dealkylation sites (tertiary alicyclic amines) is 1. The van der Waals surface area contributed by atoms with Gasteiger partial charge in [0.25, 0.3) is 5.91 Å². The molecule has 8 heteroatoms. The van der Waals surface area contributed by atoms with E-state index in [0.717, 1.165) is 57.7 Å². The first kappa shape index (κ1) is 17.6. The highest BCUT2D eigenvalue weighted by atomic mass is 16.3. The number of aliphatic hydroxyl groups excluding tert-OH is 1. The number of carbonyl (C=O) groups excluding carboxylic acids is 1. The topological polar surface area (TPSA) is 87.4 Å². The van der Waals surface area contributed by atoms with Gasteiger partial charge in [-0.25, -0.2) is 9.97 Å². The van der Waals surface area contributed by atoms with Crippen LogP contribution in [0.15, 0.2) is 31.1 Å². The maximum absolute atomic E-state index is 12.6. The summed E-state index contributed by atoms with van der Waals surface area (Å²) in [7, 11) is 0. The Balaban J connectivity index is 1.31. The van der Waals surface area contributed by atoms with Crippen LogP contribution in [0.3, 0.4) is 0 Å². The molecule has 0 unspecified atom stereocenters. The normalized spacial score (nSPS) is 29.9. The van der Waals surface area contributed by atoms with Gasteiger partial charge >= 0.3 is 0 Å². The molecule has 2 aliphatic heterocycles. The lowest BCUT2D eigenvalue weighted by atomic mass is 9.77. The lowest BCUT2D eigenvalue weighted by molar-refractivity contribution is 0.0358. The summed E-state index contributed by atoms with van der Waals surface area (Å²) in [5.41, 5.74) is 0.436. The van der Waals surface area contributed by atoms with Crippen LogP contribution in [-0.2, 0) is 0 Å². The Morgan fingerprint density at radius 1 is 1.07 bits per heavy atom. The molecule has 0 aromatic carbocycles. The molecule has 3 aliphatic rings. The molecule has 1 saturated carbocycles. The number of anilines is 1. The number of imidazole rings is 1. The standard InChI is InChI=1S/C20H26N6O2/c27-18-8-15-12-26(11-14(15)7-17(18)25-6-3-21-13-25)19-10-22-9-16(23-19)20(28)24-4-1-2-5-24/h3,6,9-10,13-15,17-18,27H,1-2,4-5,7-8,11-12H2/t14-,15+,17-,18-/m1/s1. The fourth-order valence-corrected chi connectivity index (χ4v) is 5.07. The maximum Gasteiger partial charge on any atom is 0.274 e. The summed E-state index contributed by atoms with van der Waals surface area (Å²) in [6.07, 6.45) is 12.3. The summed E-state index contributed by atoms with van der Waals surface area (Å²) in [4.78, 5) is 29.8. The van der Waals surface area contributed by atoms with Gasteiger partial charge in [-0.05, 0) is 37.5 Å².